The zero-order chi connectivity index (χ0) is 11.6. The summed E-state index contributed by atoms with van der Waals surface area (Å²) in [6.45, 7) is 0.535. The molecule has 0 radical (unpaired) electrons. The third-order valence-corrected chi connectivity index (χ3v) is 4.57. The molecule has 0 bridgehead atoms. The standard InChI is InChI=1S/C9H16N4O2S/c10-4-1-8-11-9(13-12-8)7-2-5-16(14,15)6-3-7/h7H,1-6,10H2,(H,11,12,13). The van der Waals surface area contributed by atoms with Gasteiger partial charge >= 0.3 is 0 Å². The molecule has 1 saturated heterocycles. The maximum atomic E-state index is 11.3. The van der Waals surface area contributed by atoms with E-state index in [4.69, 9.17) is 5.73 Å². The summed E-state index contributed by atoms with van der Waals surface area (Å²) in [5.41, 5.74) is 5.42. The molecule has 0 spiro atoms. The van der Waals surface area contributed by atoms with Crippen molar-refractivity contribution in [3.8, 4) is 0 Å². The Bertz CT molecular complexity index is 440. The smallest absolute Gasteiger partial charge is 0.153 e. The number of sulfone groups is 1. The van der Waals surface area contributed by atoms with Gasteiger partial charge in [0.15, 0.2) is 5.82 Å². The first-order valence-corrected chi connectivity index (χ1v) is 7.24. The summed E-state index contributed by atoms with van der Waals surface area (Å²) >= 11 is 0. The van der Waals surface area contributed by atoms with Gasteiger partial charge in [0.1, 0.15) is 15.7 Å². The van der Waals surface area contributed by atoms with E-state index in [9.17, 15) is 8.42 Å². The lowest BCUT2D eigenvalue weighted by atomic mass is 10.0. The van der Waals surface area contributed by atoms with Gasteiger partial charge in [0, 0.05) is 12.3 Å². The fraction of sp³-hybridized carbons (Fsp3) is 0.778. The average Bonchev–Trinajstić information content (AvgIpc) is 2.67. The first-order chi connectivity index (χ1) is 7.61. The molecular weight excluding hydrogens is 228 g/mol. The zero-order valence-electron chi connectivity index (χ0n) is 9.02. The minimum absolute atomic E-state index is 0.172. The van der Waals surface area contributed by atoms with Gasteiger partial charge in [-0.05, 0) is 19.4 Å². The number of nitrogens with two attached hydrogens (primary N) is 1. The first-order valence-electron chi connectivity index (χ1n) is 5.42. The van der Waals surface area contributed by atoms with Crippen LogP contribution in [0.15, 0.2) is 0 Å². The summed E-state index contributed by atoms with van der Waals surface area (Å²) in [7, 11) is -2.81. The van der Waals surface area contributed by atoms with Crippen molar-refractivity contribution in [3.63, 3.8) is 0 Å². The van der Waals surface area contributed by atoms with Gasteiger partial charge in [0.2, 0.25) is 0 Å². The van der Waals surface area contributed by atoms with Gasteiger partial charge in [-0.2, -0.15) is 5.10 Å². The van der Waals surface area contributed by atoms with Crippen LogP contribution in [-0.4, -0.2) is 41.6 Å². The molecule has 0 unspecified atom stereocenters. The van der Waals surface area contributed by atoms with Gasteiger partial charge in [0.25, 0.3) is 0 Å². The summed E-state index contributed by atoms with van der Waals surface area (Å²) < 4.78 is 22.5. The Balaban J connectivity index is 2.02. The van der Waals surface area contributed by atoms with Crippen LogP contribution in [0.3, 0.4) is 0 Å². The number of hydrogen-bond donors (Lipinski definition) is 2. The third-order valence-electron chi connectivity index (χ3n) is 2.85. The summed E-state index contributed by atoms with van der Waals surface area (Å²) in [6.07, 6.45) is 1.93. The highest BCUT2D eigenvalue weighted by Gasteiger charge is 2.27. The monoisotopic (exact) mass is 244 g/mol. The van der Waals surface area contributed by atoms with Crippen molar-refractivity contribution in [2.75, 3.05) is 18.1 Å². The van der Waals surface area contributed by atoms with E-state index in [1.54, 1.807) is 0 Å². The van der Waals surface area contributed by atoms with Gasteiger partial charge in [-0.25, -0.2) is 13.4 Å². The van der Waals surface area contributed by atoms with Gasteiger partial charge in [-0.15, -0.1) is 0 Å². The van der Waals surface area contributed by atoms with Crippen LogP contribution in [0.1, 0.15) is 30.4 Å². The molecule has 1 aromatic rings. The van der Waals surface area contributed by atoms with Crippen molar-refractivity contribution < 1.29 is 8.42 Å². The first kappa shape index (κ1) is 11.5. The van der Waals surface area contributed by atoms with Crippen LogP contribution in [0.4, 0.5) is 0 Å². The van der Waals surface area contributed by atoms with Crippen LogP contribution in [-0.2, 0) is 16.3 Å². The van der Waals surface area contributed by atoms with Crippen LogP contribution >= 0.6 is 0 Å². The number of hydrogen-bond acceptors (Lipinski definition) is 5. The van der Waals surface area contributed by atoms with Crippen molar-refractivity contribution in [2.45, 2.75) is 25.2 Å². The highest BCUT2D eigenvalue weighted by atomic mass is 32.2. The molecule has 1 aliphatic rings. The highest BCUT2D eigenvalue weighted by Crippen LogP contribution is 2.26. The Kier molecular flexibility index (Phi) is 3.25. The number of rotatable bonds is 3. The Labute approximate surface area is 94.6 Å². The Morgan fingerprint density at radius 2 is 2.06 bits per heavy atom. The van der Waals surface area contributed by atoms with Crippen molar-refractivity contribution >= 4 is 9.84 Å². The fourth-order valence-electron chi connectivity index (χ4n) is 1.89. The molecule has 0 aliphatic carbocycles. The Morgan fingerprint density at radius 1 is 1.38 bits per heavy atom. The Morgan fingerprint density at radius 3 is 2.69 bits per heavy atom. The van der Waals surface area contributed by atoms with E-state index in [-0.39, 0.29) is 17.4 Å². The number of nitrogens with one attached hydrogen (secondary N) is 1. The van der Waals surface area contributed by atoms with E-state index >= 15 is 0 Å². The predicted octanol–water partition coefficient (Wildman–Crippen LogP) is -0.402. The van der Waals surface area contributed by atoms with Gasteiger partial charge in [0.05, 0.1) is 11.5 Å². The number of aromatic amines is 1. The second-order valence-corrected chi connectivity index (χ2v) is 6.41. The number of H-pyrrole nitrogens is 1. The van der Waals surface area contributed by atoms with Gasteiger partial charge in [-0.3, -0.25) is 5.10 Å². The SMILES string of the molecule is NCCc1nc(C2CCS(=O)(=O)CC2)n[nH]1. The van der Waals surface area contributed by atoms with Crippen molar-refractivity contribution in [3.05, 3.63) is 11.6 Å². The molecule has 7 heteroatoms. The second-order valence-electron chi connectivity index (χ2n) is 4.11. The molecule has 0 aromatic carbocycles. The van der Waals surface area contributed by atoms with Crippen molar-refractivity contribution in [1.82, 2.24) is 15.2 Å². The molecule has 2 heterocycles. The number of aromatic nitrogens is 3. The van der Waals surface area contributed by atoms with Crippen LogP contribution in [0.5, 0.6) is 0 Å². The normalized spacial score (nSPS) is 21.1. The maximum absolute atomic E-state index is 11.3. The third kappa shape index (κ3) is 2.59. The lowest BCUT2D eigenvalue weighted by molar-refractivity contribution is 0.538. The molecule has 0 amide bonds. The average molecular weight is 244 g/mol. The largest absolute Gasteiger partial charge is 0.330 e. The van der Waals surface area contributed by atoms with Gasteiger partial charge in [-0.1, -0.05) is 0 Å². The minimum atomic E-state index is -2.81. The summed E-state index contributed by atoms with van der Waals surface area (Å²) in [5, 5.41) is 6.95. The molecule has 1 aliphatic heterocycles. The molecule has 1 aromatic heterocycles. The minimum Gasteiger partial charge on any atom is -0.330 e. The van der Waals surface area contributed by atoms with E-state index in [0.29, 0.717) is 25.8 Å². The van der Waals surface area contributed by atoms with E-state index in [1.807, 2.05) is 0 Å². The van der Waals surface area contributed by atoms with Crippen LogP contribution in [0.2, 0.25) is 0 Å². The van der Waals surface area contributed by atoms with Crippen LogP contribution < -0.4 is 5.73 Å². The molecular formula is C9H16N4O2S. The molecule has 90 valence electrons. The maximum Gasteiger partial charge on any atom is 0.153 e. The van der Waals surface area contributed by atoms with E-state index < -0.39 is 9.84 Å². The molecule has 0 atom stereocenters. The molecule has 1 fully saturated rings. The topological polar surface area (TPSA) is 102 Å². The molecule has 0 saturated carbocycles. The molecule has 16 heavy (non-hydrogen) atoms. The lowest BCUT2D eigenvalue weighted by Crippen LogP contribution is -2.22. The molecule has 6 nitrogen and oxygen atoms in total. The lowest BCUT2D eigenvalue weighted by Gasteiger charge is -2.18. The quantitative estimate of drug-likeness (QED) is 0.753. The van der Waals surface area contributed by atoms with E-state index in [2.05, 4.69) is 15.2 Å². The second kappa shape index (κ2) is 4.50. The highest BCUT2D eigenvalue weighted by molar-refractivity contribution is 7.91. The molecule has 3 N–H and O–H groups in total. The zero-order valence-corrected chi connectivity index (χ0v) is 9.83. The predicted molar refractivity (Wildman–Crippen MR) is 59.8 cm³/mol. The van der Waals surface area contributed by atoms with Crippen molar-refractivity contribution in [1.29, 1.82) is 0 Å². The van der Waals surface area contributed by atoms with Crippen LogP contribution in [0, 0.1) is 0 Å². The van der Waals surface area contributed by atoms with E-state index in [1.165, 1.54) is 0 Å². The summed E-state index contributed by atoms with van der Waals surface area (Å²) in [6, 6.07) is 0. The number of nitrogens with zero attached hydrogens (tertiary/aromatic N) is 2. The van der Waals surface area contributed by atoms with Crippen molar-refractivity contribution in [2.24, 2.45) is 5.73 Å². The fourth-order valence-corrected chi connectivity index (χ4v) is 3.38. The Hall–Kier alpha value is -0.950. The van der Waals surface area contributed by atoms with E-state index in [0.717, 1.165) is 11.6 Å². The van der Waals surface area contributed by atoms with Crippen LogP contribution in [0.25, 0.3) is 0 Å². The molecule has 2 rings (SSSR count). The van der Waals surface area contributed by atoms with Gasteiger partial charge < -0.3 is 5.73 Å². The summed E-state index contributed by atoms with van der Waals surface area (Å²) in [5.74, 6) is 2.19. The summed E-state index contributed by atoms with van der Waals surface area (Å²) in [4.78, 5) is 4.33.